The lowest BCUT2D eigenvalue weighted by molar-refractivity contribution is -0.310. The van der Waals surface area contributed by atoms with Crippen molar-refractivity contribution < 1.29 is 33.2 Å². The molecule has 7 nitrogen and oxygen atoms in total. The molecule has 0 amide bonds. The standard InChI is InChI=1S/C26H34O7/c1-8-11-19-21(24(30-7)18-13-10-9-12-17(18)23(19)29-6)22(27)25(31-15-28-5)20-14-16(2)32-26(3,4)33-20/h8-10,12-13,16,20,25H,1,11,14-15H2,2-7H3/t16-,20-,25-/m0/s1. The van der Waals surface area contributed by atoms with E-state index in [0.29, 0.717) is 35.5 Å². The monoisotopic (exact) mass is 458 g/mol. The van der Waals surface area contributed by atoms with Gasteiger partial charge in [-0.3, -0.25) is 4.79 Å². The van der Waals surface area contributed by atoms with Crippen LogP contribution in [-0.4, -0.2) is 58.0 Å². The molecule has 0 aliphatic carbocycles. The second-order valence-electron chi connectivity index (χ2n) is 8.54. The number of carbonyl (C=O) groups excluding carboxylic acids is 1. The first-order valence-electron chi connectivity index (χ1n) is 11.0. The zero-order chi connectivity index (χ0) is 24.2. The van der Waals surface area contributed by atoms with Gasteiger partial charge >= 0.3 is 0 Å². The molecule has 1 heterocycles. The van der Waals surface area contributed by atoms with Gasteiger partial charge in [-0.2, -0.15) is 0 Å². The van der Waals surface area contributed by atoms with Gasteiger partial charge < -0.3 is 28.4 Å². The lowest BCUT2D eigenvalue weighted by Gasteiger charge is -2.42. The Morgan fingerprint density at radius 2 is 1.79 bits per heavy atom. The van der Waals surface area contributed by atoms with Gasteiger partial charge in [-0.05, 0) is 27.2 Å². The lowest BCUT2D eigenvalue weighted by atomic mass is 9.89. The molecule has 33 heavy (non-hydrogen) atoms. The van der Waals surface area contributed by atoms with Gasteiger partial charge in [0, 0.05) is 29.9 Å². The van der Waals surface area contributed by atoms with Gasteiger partial charge in [0.15, 0.2) is 11.6 Å². The molecule has 1 fully saturated rings. The zero-order valence-electron chi connectivity index (χ0n) is 20.3. The summed E-state index contributed by atoms with van der Waals surface area (Å²) in [5.41, 5.74) is 1.09. The van der Waals surface area contributed by atoms with Crippen molar-refractivity contribution in [2.45, 2.75) is 57.7 Å². The van der Waals surface area contributed by atoms with Gasteiger partial charge in [-0.25, -0.2) is 0 Å². The molecule has 0 aromatic heterocycles. The summed E-state index contributed by atoms with van der Waals surface area (Å²) >= 11 is 0. The minimum absolute atomic E-state index is 0.0598. The minimum atomic E-state index is -0.932. The molecule has 180 valence electrons. The summed E-state index contributed by atoms with van der Waals surface area (Å²) < 4.78 is 34.7. The number of benzene rings is 2. The largest absolute Gasteiger partial charge is 0.496 e. The molecule has 3 atom stereocenters. The molecule has 1 aliphatic rings. The zero-order valence-corrected chi connectivity index (χ0v) is 20.3. The highest BCUT2D eigenvalue weighted by Crippen LogP contribution is 2.43. The maximum Gasteiger partial charge on any atom is 0.198 e. The van der Waals surface area contributed by atoms with Crippen molar-refractivity contribution in [1.29, 1.82) is 0 Å². The Hall–Kier alpha value is -2.45. The van der Waals surface area contributed by atoms with Gasteiger partial charge in [-0.1, -0.05) is 30.3 Å². The third-order valence-corrected chi connectivity index (χ3v) is 5.67. The number of ether oxygens (including phenoxy) is 6. The molecule has 0 spiro atoms. The van der Waals surface area contributed by atoms with Gasteiger partial charge in [0.1, 0.15) is 24.4 Å². The van der Waals surface area contributed by atoms with Crippen molar-refractivity contribution in [2.24, 2.45) is 0 Å². The number of ketones is 1. The number of methoxy groups -OCH3 is 3. The summed E-state index contributed by atoms with van der Waals surface area (Å²) in [6, 6.07) is 7.68. The number of Topliss-reactive ketones (excluding diaryl/α,β-unsaturated/α-hetero) is 1. The van der Waals surface area contributed by atoms with Crippen LogP contribution in [0, 0.1) is 0 Å². The van der Waals surface area contributed by atoms with Gasteiger partial charge in [0.2, 0.25) is 0 Å². The molecule has 0 unspecified atom stereocenters. The highest BCUT2D eigenvalue weighted by Gasteiger charge is 2.42. The number of allylic oxidation sites excluding steroid dienone is 1. The smallest absolute Gasteiger partial charge is 0.198 e. The maximum atomic E-state index is 14.2. The number of hydrogen-bond donors (Lipinski definition) is 0. The molecular weight excluding hydrogens is 424 g/mol. The third-order valence-electron chi connectivity index (χ3n) is 5.67. The third kappa shape index (κ3) is 5.22. The molecule has 7 heteroatoms. The topological polar surface area (TPSA) is 72.5 Å². The normalized spacial score (nSPS) is 20.9. The van der Waals surface area contributed by atoms with Crippen LogP contribution in [0.1, 0.15) is 43.1 Å². The predicted octanol–water partition coefficient (Wildman–Crippen LogP) is 4.69. The van der Waals surface area contributed by atoms with E-state index in [0.717, 1.165) is 10.8 Å². The highest BCUT2D eigenvalue weighted by molar-refractivity contribution is 6.10. The van der Waals surface area contributed by atoms with E-state index in [9.17, 15) is 4.79 Å². The summed E-state index contributed by atoms with van der Waals surface area (Å²) in [6.45, 7) is 9.44. The van der Waals surface area contributed by atoms with Crippen molar-refractivity contribution in [3.05, 3.63) is 48.0 Å². The van der Waals surface area contributed by atoms with Crippen molar-refractivity contribution in [3.63, 3.8) is 0 Å². The lowest BCUT2D eigenvalue weighted by Crippen LogP contribution is -2.51. The molecule has 1 aliphatic heterocycles. The van der Waals surface area contributed by atoms with Crippen molar-refractivity contribution in [3.8, 4) is 11.5 Å². The fraction of sp³-hybridized carbons (Fsp3) is 0.500. The Morgan fingerprint density at radius 3 is 2.33 bits per heavy atom. The van der Waals surface area contributed by atoms with Crippen LogP contribution in [0.25, 0.3) is 10.8 Å². The first kappa shape index (κ1) is 25.2. The summed E-state index contributed by atoms with van der Waals surface area (Å²) in [6.07, 6.45) is 1.07. The van der Waals surface area contributed by atoms with E-state index in [2.05, 4.69) is 6.58 Å². The molecule has 0 saturated carbocycles. The Bertz CT molecular complexity index is 998. The van der Waals surface area contributed by atoms with E-state index in [4.69, 9.17) is 28.4 Å². The van der Waals surface area contributed by atoms with Crippen LogP contribution in [0.15, 0.2) is 36.9 Å². The van der Waals surface area contributed by atoms with Crippen LogP contribution in [-0.2, 0) is 25.4 Å². The van der Waals surface area contributed by atoms with Crippen LogP contribution in [0.4, 0.5) is 0 Å². The van der Waals surface area contributed by atoms with Crippen molar-refractivity contribution in [2.75, 3.05) is 28.1 Å². The average Bonchev–Trinajstić information content (AvgIpc) is 2.77. The number of hydrogen-bond acceptors (Lipinski definition) is 7. The number of rotatable bonds is 10. The van der Waals surface area contributed by atoms with E-state index < -0.39 is 18.0 Å². The Kier molecular flexibility index (Phi) is 8.13. The summed E-state index contributed by atoms with van der Waals surface area (Å²) in [5.74, 6) is -0.0352. The molecule has 0 radical (unpaired) electrons. The van der Waals surface area contributed by atoms with Crippen molar-refractivity contribution >= 4 is 16.6 Å². The molecule has 3 rings (SSSR count). The Balaban J connectivity index is 2.21. The molecular formula is C26H34O7. The Morgan fingerprint density at radius 1 is 1.15 bits per heavy atom. The van der Waals surface area contributed by atoms with Crippen LogP contribution in [0.5, 0.6) is 11.5 Å². The van der Waals surface area contributed by atoms with Crippen LogP contribution in [0.2, 0.25) is 0 Å². The fourth-order valence-corrected chi connectivity index (χ4v) is 4.59. The van der Waals surface area contributed by atoms with Crippen LogP contribution >= 0.6 is 0 Å². The van der Waals surface area contributed by atoms with Crippen molar-refractivity contribution in [1.82, 2.24) is 0 Å². The van der Waals surface area contributed by atoms with Gasteiger partial charge in [-0.15, -0.1) is 6.58 Å². The predicted molar refractivity (Wildman–Crippen MR) is 126 cm³/mol. The summed E-state index contributed by atoms with van der Waals surface area (Å²) in [4.78, 5) is 14.2. The van der Waals surface area contributed by atoms with Crippen LogP contribution in [0.3, 0.4) is 0 Å². The second-order valence-corrected chi connectivity index (χ2v) is 8.54. The van der Waals surface area contributed by atoms with E-state index in [1.807, 2.05) is 45.0 Å². The maximum absolute atomic E-state index is 14.2. The minimum Gasteiger partial charge on any atom is -0.496 e. The highest BCUT2D eigenvalue weighted by atomic mass is 16.7. The molecule has 2 aromatic rings. The molecule has 2 aromatic carbocycles. The molecule has 0 N–H and O–H groups in total. The SMILES string of the molecule is C=CCc1c(C(=O)[C@@H](OCOC)[C@@H]2C[C@H](C)OC(C)(C)O2)c(OC)c2ccccc2c1OC. The quantitative estimate of drug-likeness (QED) is 0.291. The van der Waals surface area contributed by atoms with Gasteiger partial charge in [0.05, 0.1) is 32.0 Å². The first-order chi connectivity index (χ1) is 15.8. The van der Waals surface area contributed by atoms with Gasteiger partial charge in [0.25, 0.3) is 0 Å². The molecule has 1 saturated heterocycles. The summed E-state index contributed by atoms with van der Waals surface area (Å²) in [5, 5.41) is 1.64. The van der Waals surface area contributed by atoms with E-state index >= 15 is 0 Å². The van der Waals surface area contributed by atoms with E-state index in [1.54, 1.807) is 20.3 Å². The van der Waals surface area contributed by atoms with E-state index in [-0.39, 0.29) is 18.7 Å². The first-order valence-corrected chi connectivity index (χ1v) is 11.0. The average molecular weight is 459 g/mol. The van der Waals surface area contributed by atoms with E-state index in [1.165, 1.54) is 7.11 Å². The molecule has 0 bridgehead atoms. The second kappa shape index (κ2) is 10.7. The number of carbonyl (C=O) groups is 1. The van der Waals surface area contributed by atoms with Crippen LogP contribution < -0.4 is 9.47 Å². The fourth-order valence-electron chi connectivity index (χ4n) is 4.59. The summed E-state index contributed by atoms with van der Waals surface area (Å²) in [7, 11) is 4.67. The number of fused-ring (bicyclic) bond motifs is 1. The Labute approximate surface area is 195 Å².